The number of rotatable bonds is 10. The molecular weight excluding hydrogens is 356 g/mol. The van der Waals surface area contributed by atoms with Crippen LogP contribution in [0.3, 0.4) is 0 Å². The first kappa shape index (κ1) is 21.1. The minimum absolute atomic E-state index is 0.107. The molecular formula is C26H32N2O. The van der Waals surface area contributed by atoms with Crippen molar-refractivity contribution >= 4 is 0 Å². The molecule has 3 nitrogen and oxygen atoms in total. The summed E-state index contributed by atoms with van der Waals surface area (Å²) in [5.74, 6) is 1.03. The lowest BCUT2D eigenvalue weighted by atomic mass is 9.80. The molecule has 152 valence electrons. The van der Waals surface area contributed by atoms with E-state index in [-0.39, 0.29) is 5.92 Å². The van der Waals surface area contributed by atoms with Crippen LogP contribution in [-0.2, 0) is 13.1 Å². The van der Waals surface area contributed by atoms with Gasteiger partial charge in [0.1, 0.15) is 5.75 Å². The summed E-state index contributed by atoms with van der Waals surface area (Å²) < 4.78 is 5.78. The first-order valence-electron chi connectivity index (χ1n) is 10.5. The second-order valence-electron chi connectivity index (χ2n) is 7.13. The van der Waals surface area contributed by atoms with Crippen LogP contribution in [0, 0.1) is 0 Å². The third-order valence-electron chi connectivity index (χ3n) is 5.31. The van der Waals surface area contributed by atoms with Crippen LogP contribution in [-0.4, -0.2) is 20.2 Å². The molecule has 0 aliphatic heterocycles. The molecule has 0 unspecified atom stereocenters. The summed E-state index contributed by atoms with van der Waals surface area (Å²) in [6.07, 6.45) is 0. The van der Waals surface area contributed by atoms with E-state index >= 15 is 0 Å². The minimum atomic E-state index is 0.107. The fourth-order valence-corrected chi connectivity index (χ4v) is 3.88. The van der Waals surface area contributed by atoms with Gasteiger partial charge in [-0.1, -0.05) is 80.6 Å². The van der Waals surface area contributed by atoms with Crippen molar-refractivity contribution in [2.45, 2.75) is 32.9 Å². The molecule has 3 heteroatoms. The molecule has 0 aliphatic rings. The third kappa shape index (κ3) is 5.06. The highest BCUT2D eigenvalue weighted by Crippen LogP contribution is 2.39. The van der Waals surface area contributed by atoms with E-state index in [1.807, 2.05) is 6.07 Å². The Morgan fingerprint density at radius 2 is 1.10 bits per heavy atom. The quantitative estimate of drug-likeness (QED) is 0.474. The van der Waals surface area contributed by atoms with E-state index in [9.17, 15) is 0 Å². The van der Waals surface area contributed by atoms with Gasteiger partial charge in [-0.3, -0.25) is 0 Å². The van der Waals surface area contributed by atoms with Crippen molar-refractivity contribution in [3.8, 4) is 5.75 Å². The predicted molar refractivity (Wildman–Crippen MR) is 122 cm³/mol. The van der Waals surface area contributed by atoms with Gasteiger partial charge in [0, 0.05) is 24.6 Å². The topological polar surface area (TPSA) is 33.3 Å². The molecule has 0 saturated heterocycles. The number of hydrogen-bond donors (Lipinski definition) is 2. The van der Waals surface area contributed by atoms with Gasteiger partial charge in [-0.05, 0) is 41.4 Å². The van der Waals surface area contributed by atoms with Crippen molar-refractivity contribution in [2.75, 3.05) is 20.2 Å². The lowest BCUT2D eigenvalue weighted by Crippen LogP contribution is -2.18. The molecule has 0 heterocycles. The predicted octanol–water partition coefficient (Wildman–Crippen LogP) is 5.09. The van der Waals surface area contributed by atoms with Crippen molar-refractivity contribution < 1.29 is 4.74 Å². The Hall–Kier alpha value is -2.62. The van der Waals surface area contributed by atoms with Gasteiger partial charge in [0.15, 0.2) is 0 Å². The molecule has 0 radical (unpaired) electrons. The number of ether oxygens (including phenoxy) is 1. The molecule has 0 aromatic heterocycles. The summed E-state index contributed by atoms with van der Waals surface area (Å²) in [4.78, 5) is 0. The lowest BCUT2D eigenvalue weighted by molar-refractivity contribution is 0.409. The first-order valence-corrected chi connectivity index (χ1v) is 10.5. The maximum atomic E-state index is 5.78. The van der Waals surface area contributed by atoms with E-state index in [0.29, 0.717) is 0 Å². The molecule has 0 aliphatic carbocycles. The Labute approximate surface area is 175 Å². The molecule has 0 spiro atoms. The number of nitrogens with one attached hydrogen (secondary N) is 2. The van der Waals surface area contributed by atoms with Gasteiger partial charge in [0.25, 0.3) is 0 Å². The zero-order chi connectivity index (χ0) is 20.5. The normalized spacial score (nSPS) is 11.0. The summed E-state index contributed by atoms with van der Waals surface area (Å²) in [6.45, 7) is 7.90. The summed E-state index contributed by atoms with van der Waals surface area (Å²) >= 11 is 0. The van der Waals surface area contributed by atoms with E-state index in [2.05, 4.69) is 91.2 Å². The van der Waals surface area contributed by atoms with Crippen LogP contribution in [0.5, 0.6) is 5.75 Å². The standard InChI is InChI=1S/C26H32N2O/c1-4-27-18-20-12-6-8-14-22(20)26(24-16-10-11-17-25(24)29-3)23-15-9-7-13-21(23)19-28-5-2/h6-17,26-28H,4-5,18-19H2,1-3H3. The molecule has 0 fully saturated rings. The average Bonchev–Trinajstić information content (AvgIpc) is 2.78. The van der Waals surface area contributed by atoms with Crippen LogP contribution in [0.4, 0.5) is 0 Å². The van der Waals surface area contributed by atoms with Gasteiger partial charge in [0.2, 0.25) is 0 Å². The molecule has 29 heavy (non-hydrogen) atoms. The van der Waals surface area contributed by atoms with Crippen LogP contribution < -0.4 is 15.4 Å². The maximum absolute atomic E-state index is 5.78. The SMILES string of the molecule is CCNCc1ccccc1C(c1ccccc1CNCC)c1ccccc1OC. The Kier molecular flexibility index (Phi) is 7.85. The Morgan fingerprint density at radius 3 is 1.59 bits per heavy atom. The van der Waals surface area contributed by atoms with E-state index in [0.717, 1.165) is 31.9 Å². The van der Waals surface area contributed by atoms with E-state index in [4.69, 9.17) is 4.74 Å². The Bertz CT molecular complexity index is 855. The minimum Gasteiger partial charge on any atom is -0.496 e. The summed E-state index contributed by atoms with van der Waals surface area (Å²) in [5, 5.41) is 6.99. The first-order chi connectivity index (χ1) is 14.3. The van der Waals surface area contributed by atoms with Gasteiger partial charge in [-0.2, -0.15) is 0 Å². The fourth-order valence-electron chi connectivity index (χ4n) is 3.88. The number of para-hydroxylation sites is 1. The second kappa shape index (κ2) is 10.8. The molecule has 0 atom stereocenters. The molecule has 3 aromatic rings. The van der Waals surface area contributed by atoms with Crippen LogP contribution in [0.1, 0.15) is 47.6 Å². The van der Waals surface area contributed by atoms with Crippen molar-refractivity contribution in [3.05, 3.63) is 101 Å². The van der Waals surface area contributed by atoms with Gasteiger partial charge >= 0.3 is 0 Å². The molecule has 0 amide bonds. The van der Waals surface area contributed by atoms with Gasteiger partial charge in [-0.15, -0.1) is 0 Å². The zero-order valence-corrected chi connectivity index (χ0v) is 17.7. The smallest absolute Gasteiger partial charge is 0.123 e. The Morgan fingerprint density at radius 1 is 0.655 bits per heavy atom. The average molecular weight is 389 g/mol. The fraction of sp³-hybridized carbons (Fsp3) is 0.308. The van der Waals surface area contributed by atoms with Crippen LogP contribution >= 0.6 is 0 Å². The van der Waals surface area contributed by atoms with Gasteiger partial charge in [0.05, 0.1) is 7.11 Å². The number of benzene rings is 3. The van der Waals surface area contributed by atoms with Crippen LogP contribution in [0.15, 0.2) is 72.8 Å². The largest absolute Gasteiger partial charge is 0.496 e. The maximum Gasteiger partial charge on any atom is 0.123 e. The number of hydrogen-bond acceptors (Lipinski definition) is 3. The van der Waals surface area contributed by atoms with Crippen molar-refractivity contribution in [1.82, 2.24) is 10.6 Å². The Balaban J connectivity index is 2.20. The van der Waals surface area contributed by atoms with Crippen molar-refractivity contribution in [3.63, 3.8) is 0 Å². The second-order valence-corrected chi connectivity index (χ2v) is 7.13. The summed E-state index contributed by atoms with van der Waals surface area (Å²) in [5.41, 5.74) is 6.48. The number of methoxy groups -OCH3 is 1. The highest BCUT2D eigenvalue weighted by Gasteiger charge is 2.24. The summed E-state index contributed by atoms with van der Waals surface area (Å²) in [6, 6.07) is 25.9. The summed E-state index contributed by atoms with van der Waals surface area (Å²) in [7, 11) is 1.75. The van der Waals surface area contributed by atoms with Crippen LogP contribution in [0.25, 0.3) is 0 Å². The highest BCUT2D eigenvalue weighted by molar-refractivity contribution is 5.53. The van der Waals surface area contributed by atoms with Crippen molar-refractivity contribution in [1.29, 1.82) is 0 Å². The van der Waals surface area contributed by atoms with Crippen LogP contribution in [0.2, 0.25) is 0 Å². The third-order valence-corrected chi connectivity index (χ3v) is 5.31. The molecule has 0 bridgehead atoms. The molecule has 3 aromatic carbocycles. The van der Waals surface area contributed by atoms with E-state index < -0.39 is 0 Å². The molecule has 0 saturated carbocycles. The monoisotopic (exact) mass is 388 g/mol. The molecule has 3 rings (SSSR count). The zero-order valence-electron chi connectivity index (χ0n) is 17.7. The van der Waals surface area contributed by atoms with Gasteiger partial charge in [-0.25, -0.2) is 0 Å². The van der Waals surface area contributed by atoms with E-state index in [1.165, 1.54) is 27.8 Å². The van der Waals surface area contributed by atoms with Crippen molar-refractivity contribution in [2.24, 2.45) is 0 Å². The molecule has 2 N–H and O–H groups in total. The highest BCUT2D eigenvalue weighted by atomic mass is 16.5. The van der Waals surface area contributed by atoms with Gasteiger partial charge < -0.3 is 15.4 Å². The van der Waals surface area contributed by atoms with E-state index in [1.54, 1.807) is 7.11 Å². The lowest BCUT2D eigenvalue weighted by Gasteiger charge is -2.26.